The van der Waals surface area contributed by atoms with Crippen LogP contribution in [0, 0.1) is 13.8 Å². The van der Waals surface area contributed by atoms with Crippen LogP contribution in [0.1, 0.15) is 48.3 Å². The molecule has 1 N–H and O–H groups in total. The Morgan fingerprint density at radius 2 is 2.00 bits per heavy atom. The fourth-order valence-corrected chi connectivity index (χ4v) is 5.25. The van der Waals surface area contributed by atoms with E-state index in [-0.39, 0.29) is 17.7 Å². The number of nitrogens with one attached hydrogen (secondary N) is 1. The number of H-pyrrole nitrogens is 1. The van der Waals surface area contributed by atoms with Gasteiger partial charge in [0.2, 0.25) is 0 Å². The van der Waals surface area contributed by atoms with Crippen LogP contribution in [-0.2, 0) is 11.3 Å². The minimum Gasteiger partial charge on any atom is -0.376 e. The molecule has 0 unspecified atom stereocenters. The van der Waals surface area contributed by atoms with Gasteiger partial charge in [-0.1, -0.05) is 13.0 Å². The Kier molecular flexibility index (Phi) is 6.27. The number of hydrogen-bond donors (Lipinski definition) is 1. The van der Waals surface area contributed by atoms with Crippen molar-refractivity contribution in [1.82, 2.24) is 35.0 Å². The second kappa shape index (κ2) is 9.32. The third-order valence-corrected chi connectivity index (χ3v) is 7.06. The number of ether oxygens (including phenoxy) is 1. The molecule has 0 bridgehead atoms. The molecule has 0 radical (unpaired) electrons. The summed E-state index contributed by atoms with van der Waals surface area (Å²) in [6.45, 7) is 12.4. The summed E-state index contributed by atoms with van der Waals surface area (Å²) in [5.41, 5.74) is 3.77. The van der Waals surface area contributed by atoms with E-state index in [0.717, 1.165) is 74.2 Å². The zero-order chi connectivity index (χ0) is 22.9. The maximum absolute atomic E-state index is 13.4. The van der Waals surface area contributed by atoms with Gasteiger partial charge in [-0.15, -0.1) is 5.10 Å². The van der Waals surface area contributed by atoms with Crippen LogP contribution >= 0.6 is 0 Å². The van der Waals surface area contributed by atoms with Gasteiger partial charge in [0.1, 0.15) is 6.04 Å². The lowest BCUT2D eigenvalue weighted by Crippen LogP contribution is -2.49. The number of rotatable bonds is 6. The normalized spacial score (nSPS) is 21.1. The molecule has 1 aromatic carbocycles. The summed E-state index contributed by atoms with van der Waals surface area (Å²) in [4.78, 5) is 21.3. The van der Waals surface area contributed by atoms with Crippen LogP contribution in [0.5, 0.6) is 0 Å². The SMILES string of the molecule is CCN1CCN([C@H](c2cc3c(C)cc(C)cc3[nH]c2=O)c2nnnn2C[C@H]2CCCO2)CC1. The Balaban J connectivity index is 1.59. The number of aromatic amines is 1. The second-order valence-corrected chi connectivity index (χ2v) is 9.32. The second-order valence-electron chi connectivity index (χ2n) is 9.32. The maximum Gasteiger partial charge on any atom is 0.253 e. The van der Waals surface area contributed by atoms with Crippen LogP contribution in [0.2, 0.25) is 0 Å². The summed E-state index contributed by atoms with van der Waals surface area (Å²) in [6, 6.07) is 5.92. The fraction of sp³-hybridized carbons (Fsp3) is 0.583. The topological polar surface area (TPSA) is 92.2 Å². The molecule has 2 aliphatic rings. The lowest BCUT2D eigenvalue weighted by molar-refractivity contribution is 0.0860. The number of piperazine rings is 1. The lowest BCUT2D eigenvalue weighted by Gasteiger charge is -2.38. The molecule has 4 heterocycles. The number of fused-ring (bicyclic) bond motifs is 1. The summed E-state index contributed by atoms with van der Waals surface area (Å²) in [6.07, 6.45) is 2.19. The first-order valence-electron chi connectivity index (χ1n) is 12.0. The van der Waals surface area contributed by atoms with Crippen molar-refractivity contribution < 1.29 is 4.74 Å². The molecule has 3 aromatic rings. The standard InChI is InChI=1S/C24H33N7O2/c1-4-29-7-9-30(10-8-29)22(23-26-27-28-31(23)15-18-6-5-11-33-18)20-14-19-17(3)12-16(2)13-21(19)25-24(20)32/h12-14,18,22H,4-11,15H2,1-3H3,(H,25,32)/t18-,22-/m1/s1. The van der Waals surface area contributed by atoms with Crippen molar-refractivity contribution in [3.63, 3.8) is 0 Å². The van der Waals surface area contributed by atoms with Crippen molar-refractivity contribution >= 4 is 10.9 Å². The third kappa shape index (κ3) is 4.45. The van der Waals surface area contributed by atoms with Gasteiger partial charge in [0.25, 0.3) is 5.56 Å². The van der Waals surface area contributed by atoms with Crippen molar-refractivity contribution in [2.45, 2.75) is 52.3 Å². The molecule has 2 fully saturated rings. The molecule has 0 spiro atoms. The van der Waals surface area contributed by atoms with E-state index in [2.05, 4.69) is 50.2 Å². The molecule has 9 heteroatoms. The minimum atomic E-state index is -0.311. The van der Waals surface area contributed by atoms with Gasteiger partial charge in [-0.2, -0.15) is 0 Å². The van der Waals surface area contributed by atoms with Crippen LogP contribution in [0.15, 0.2) is 23.0 Å². The Hall–Kier alpha value is -2.62. The van der Waals surface area contributed by atoms with Gasteiger partial charge >= 0.3 is 0 Å². The Labute approximate surface area is 193 Å². The Morgan fingerprint density at radius 3 is 2.73 bits per heavy atom. The molecule has 0 amide bonds. The highest BCUT2D eigenvalue weighted by molar-refractivity contribution is 5.83. The van der Waals surface area contributed by atoms with E-state index in [9.17, 15) is 4.79 Å². The van der Waals surface area contributed by atoms with E-state index in [1.54, 1.807) is 0 Å². The summed E-state index contributed by atoms with van der Waals surface area (Å²) in [5, 5.41) is 13.8. The number of aryl methyl sites for hydroxylation is 2. The molecule has 2 atom stereocenters. The number of pyridine rings is 1. The number of likely N-dealkylation sites (N-methyl/N-ethyl adjacent to an activating group) is 1. The number of benzene rings is 1. The quantitative estimate of drug-likeness (QED) is 0.613. The van der Waals surface area contributed by atoms with Gasteiger partial charge in [0.15, 0.2) is 5.82 Å². The van der Waals surface area contributed by atoms with Gasteiger partial charge < -0.3 is 14.6 Å². The third-order valence-electron chi connectivity index (χ3n) is 7.06. The smallest absolute Gasteiger partial charge is 0.253 e. The zero-order valence-electron chi connectivity index (χ0n) is 19.8. The molecular weight excluding hydrogens is 418 g/mol. The van der Waals surface area contributed by atoms with Crippen molar-refractivity contribution in [3.8, 4) is 0 Å². The molecule has 0 saturated carbocycles. The number of aromatic nitrogens is 5. The predicted octanol–water partition coefficient (Wildman–Crippen LogP) is 2.04. The molecule has 2 aromatic heterocycles. The number of nitrogens with zero attached hydrogens (tertiary/aromatic N) is 6. The van der Waals surface area contributed by atoms with Crippen molar-refractivity contribution in [3.05, 3.63) is 51.1 Å². The zero-order valence-corrected chi connectivity index (χ0v) is 19.8. The molecule has 0 aliphatic carbocycles. The minimum absolute atomic E-state index is 0.0814. The maximum atomic E-state index is 13.4. The van der Waals surface area contributed by atoms with Crippen molar-refractivity contribution in [2.24, 2.45) is 0 Å². The van der Waals surface area contributed by atoms with E-state index >= 15 is 0 Å². The average molecular weight is 452 g/mol. The molecule has 33 heavy (non-hydrogen) atoms. The van der Waals surface area contributed by atoms with E-state index < -0.39 is 0 Å². The van der Waals surface area contributed by atoms with Crippen LogP contribution in [0.4, 0.5) is 0 Å². The molecule has 5 rings (SSSR count). The van der Waals surface area contributed by atoms with E-state index in [4.69, 9.17) is 4.74 Å². The van der Waals surface area contributed by atoms with Gasteiger partial charge in [-0.05, 0) is 66.9 Å². The number of hydrogen-bond acceptors (Lipinski definition) is 7. The first kappa shape index (κ1) is 22.2. The summed E-state index contributed by atoms with van der Waals surface area (Å²) in [7, 11) is 0. The number of tetrazole rings is 1. The van der Waals surface area contributed by atoms with Gasteiger partial charge in [-0.3, -0.25) is 9.69 Å². The van der Waals surface area contributed by atoms with Crippen LogP contribution < -0.4 is 5.56 Å². The van der Waals surface area contributed by atoms with Gasteiger partial charge in [0, 0.05) is 49.3 Å². The predicted molar refractivity (Wildman–Crippen MR) is 126 cm³/mol. The van der Waals surface area contributed by atoms with E-state index in [0.29, 0.717) is 17.9 Å². The van der Waals surface area contributed by atoms with Gasteiger partial charge in [-0.25, -0.2) is 4.68 Å². The largest absolute Gasteiger partial charge is 0.376 e. The van der Waals surface area contributed by atoms with Gasteiger partial charge in [0.05, 0.1) is 12.6 Å². The molecule has 2 saturated heterocycles. The monoisotopic (exact) mass is 451 g/mol. The first-order chi connectivity index (χ1) is 16.0. The average Bonchev–Trinajstić information content (AvgIpc) is 3.48. The molecule has 176 valence electrons. The Morgan fingerprint density at radius 1 is 1.18 bits per heavy atom. The lowest BCUT2D eigenvalue weighted by atomic mass is 9.99. The molecule has 9 nitrogen and oxygen atoms in total. The highest BCUT2D eigenvalue weighted by Gasteiger charge is 2.33. The summed E-state index contributed by atoms with van der Waals surface area (Å²) in [5.74, 6) is 0.713. The van der Waals surface area contributed by atoms with E-state index in [1.165, 1.54) is 0 Å². The molecule has 2 aliphatic heterocycles. The van der Waals surface area contributed by atoms with E-state index in [1.807, 2.05) is 23.7 Å². The van der Waals surface area contributed by atoms with Crippen molar-refractivity contribution in [1.29, 1.82) is 0 Å². The summed E-state index contributed by atoms with van der Waals surface area (Å²) < 4.78 is 7.69. The van der Waals surface area contributed by atoms with Crippen LogP contribution in [0.3, 0.4) is 0 Å². The van der Waals surface area contributed by atoms with Crippen molar-refractivity contribution in [2.75, 3.05) is 39.3 Å². The summed E-state index contributed by atoms with van der Waals surface area (Å²) >= 11 is 0. The van der Waals surface area contributed by atoms with Crippen LogP contribution in [0.25, 0.3) is 10.9 Å². The Bertz CT molecular complexity index is 1170. The fourth-order valence-electron chi connectivity index (χ4n) is 5.25. The van der Waals surface area contributed by atoms with Crippen LogP contribution in [-0.4, -0.2) is 80.4 Å². The highest BCUT2D eigenvalue weighted by atomic mass is 16.5. The first-order valence-corrected chi connectivity index (χ1v) is 12.0. The highest BCUT2D eigenvalue weighted by Crippen LogP contribution is 2.29. The molecular formula is C24H33N7O2.